The number of rotatable bonds is 4. The second kappa shape index (κ2) is 5.77. The van der Waals surface area contributed by atoms with Crippen molar-refractivity contribution >= 4 is 11.7 Å². The molecule has 1 aromatic rings. The summed E-state index contributed by atoms with van der Waals surface area (Å²) in [6.45, 7) is 5.64. The minimum absolute atomic E-state index is 0.112. The summed E-state index contributed by atoms with van der Waals surface area (Å²) in [4.78, 5) is 14.4. The Kier molecular flexibility index (Phi) is 3.99. The lowest BCUT2D eigenvalue weighted by molar-refractivity contribution is -0.119. The van der Waals surface area contributed by atoms with E-state index < -0.39 is 0 Å². The highest BCUT2D eigenvalue weighted by molar-refractivity contribution is 5.98. The van der Waals surface area contributed by atoms with Crippen LogP contribution in [-0.2, 0) is 16.6 Å². The van der Waals surface area contributed by atoms with E-state index in [1.54, 1.807) is 4.68 Å². The molecule has 21 heavy (non-hydrogen) atoms. The Bertz CT molecular complexity index is 522. The molecule has 2 aliphatic heterocycles. The van der Waals surface area contributed by atoms with Gasteiger partial charge in [-0.2, -0.15) is 5.10 Å². The van der Waals surface area contributed by atoms with E-state index in [9.17, 15) is 4.79 Å². The van der Waals surface area contributed by atoms with Crippen molar-refractivity contribution in [1.82, 2.24) is 15.1 Å². The van der Waals surface area contributed by atoms with Crippen LogP contribution in [0.5, 0.6) is 0 Å². The predicted molar refractivity (Wildman–Crippen MR) is 80.3 cm³/mol. The van der Waals surface area contributed by atoms with Crippen LogP contribution in [0.1, 0.15) is 31.9 Å². The lowest BCUT2D eigenvalue weighted by Crippen LogP contribution is -2.47. The number of amides is 1. The standard InChI is InChI=1S/C15H24N4O2/c1-10-9-14(18(3)17-10)19-7-6-12(15(19)20)16-11(2)13-5-4-8-21-13/h9,11-13,16H,4-8H2,1-3H3/t11-,12-,13-/m0/s1. The minimum Gasteiger partial charge on any atom is -0.377 e. The largest absolute Gasteiger partial charge is 0.377 e. The van der Waals surface area contributed by atoms with Gasteiger partial charge < -0.3 is 10.1 Å². The molecule has 0 spiro atoms. The molecule has 2 aliphatic rings. The first-order valence-corrected chi connectivity index (χ1v) is 7.76. The van der Waals surface area contributed by atoms with Gasteiger partial charge in [-0.25, -0.2) is 0 Å². The van der Waals surface area contributed by atoms with Crippen molar-refractivity contribution in [2.75, 3.05) is 18.1 Å². The van der Waals surface area contributed by atoms with Crippen molar-refractivity contribution in [3.8, 4) is 0 Å². The molecule has 0 aromatic carbocycles. The zero-order valence-corrected chi connectivity index (χ0v) is 13.0. The summed E-state index contributed by atoms with van der Waals surface area (Å²) < 4.78 is 7.47. The fraction of sp³-hybridized carbons (Fsp3) is 0.733. The smallest absolute Gasteiger partial charge is 0.245 e. The fourth-order valence-corrected chi connectivity index (χ4v) is 3.33. The van der Waals surface area contributed by atoms with E-state index in [2.05, 4.69) is 17.3 Å². The third-order valence-electron chi connectivity index (χ3n) is 4.45. The van der Waals surface area contributed by atoms with Crippen molar-refractivity contribution in [3.05, 3.63) is 11.8 Å². The van der Waals surface area contributed by atoms with Gasteiger partial charge in [0.25, 0.3) is 0 Å². The summed E-state index contributed by atoms with van der Waals surface area (Å²) in [6.07, 6.45) is 3.28. The molecule has 0 saturated carbocycles. The summed E-state index contributed by atoms with van der Waals surface area (Å²) in [5.41, 5.74) is 0.935. The predicted octanol–water partition coefficient (Wildman–Crippen LogP) is 0.991. The Balaban J connectivity index is 1.64. The second-order valence-electron chi connectivity index (χ2n) is 6.11. The van der Waals surface area contributed by atoms with Gasteiger partial charge in [0, 0.05) is 32.3 Å². The topological polar surface area (TPSA) is 59.4 Å². The van der Waals surface area contributed by atoms with Gasteiger partial charge in [0.2, 0.25) is 5.91 Å². The maximum atomic E-state index is 12.6. The number of nitrogens with zero attached hydrogens (tertiary/aromatic N) is 3. The van der Waals surface area contributed by atoms with Crippen molar-refractivity contribution in [1.29, 1.82) is 0 Å². The quantitative estimate of drug-likeness (QED) is 0.899. The zero-order chi connectivity index (χ0) is 15.0. The Morgan fingerprint density at radius 2 is 2.29 bits per heavy atom. The van der Waals surface area contributed by atoms with Crippen molar-refractivity contribution in [3.63, 3.8) is 0 Å². The van der Waals surface area contributed by atoms with Gasteiger partial charge in [0.1, 0.15) is 5.82 Å². The number of ether oxygens (including phenoxy) is 1. The molecule has 0 aliphatic carbocycles. The molecule has 2 fully saturated rings. The fourth-order valence-electron chi connectivity index (χ4n) is 3.33. The molecule has 1 amide bonds. The van der Waals surface area contributed by atoms with E-state index in [4.69, 9.17) is 4.74 Å². The van der Waals surface area contributed by atoms with E-state index in [1.165, 1.54) is 0 Å². The van der Waals surface area contributed by atoms with Gasteiger partial charge >= 0.3 is 0 Å². The maximum Gasteiger partial charge on any atom is 0.245 e. The van der Waals surface area contributed by atoms with Gasteiger partial charge in [-0.3, -0.25) is 14.4 Å². The second-order valence-corrected chi connectivity index (χ2v) is 6.11. The summed E-state index contributed by atoms with van der Waals surface area (Å²) >= 11 is 0. The van der Waals surface area contributed by atoms with Crippen LogP contribution in [0.2, 0.25) is 0 Å². The van der Waals surface area contributed by atoms with Crippen LogP contribution in [-0.4, -0.2) is 47.0 Å². The normalized spacial score (nSPS) is 27.6. The van der Waals surface area contributed by atoms with E-state index in [0.717, 1.165) is 43.9 Å². The molecule has 116 valence electrons. The first kappa shape index (κ1) is 14.5. The van der Waals surface area contributed by atoms with Crippen molar-refractivity contribution in [2.45, 2.75) is 51.3 Å². The number of carbonyl (C=O) groups is 1. The number of aryl methyl sites for hydroxylation is 2. The van der Waals surface area contributed by atoms with Crippen LogP contribution >= 0.6 is 0 Å². The molecule has 6 heteroatoms. The third-order valence-corrected chi connectivity index (χ3v) is 4.45. The molecule has 0 bridgehead atoms. The SMILES string of the molecule is Cc1cc(N2CC[C@H](N[C@@H](C)[C@@H]3CCCO3)C2=O)n(C)n1. The van der Waals surface area contributed by atoms with Crippen LogP contribution in [0.3, 0.4) is 0 Å². The van der Waals surface area contributed by atoms with Gasteiger partial charge in [-0.15, -0.1) is 0 Å². The Morgan fingerprint density at radius 1 is 1.48 bits per heavy atom. The van der Waals surface area contributed by atoms with Crippen LogP contribution in [0.25, 0.3) is 0 Å². The van der Waals surface area contributed by atoms with Gasteiger partial charge in [0.15, 0.2) is 0 Å². The molecule has 6 nitrogen and oxygen atoms in total. The monoisotopic (exact) mass is 292 g/mol. The summed E-state index contributed by atoms with van der Waals surface area (Å²) in [5, 5.41) is 7.77. The molecule has 2 saturated heterocycles. The average molecular weight is 292 g/mol. The highest BCUT2D eigenvalue weighted by Gasteiger charge is 2.36. The van der Waals surface area contributed by atoms with Gasteiger partial charge in [0.05, 0.1) is 17.8 Å². The van der Waals surface area contributed by atoms with E-state index in [0.29, 0.717) is 0 Å². The number of aromatic nitrogens is 2. The molecule has 1 N–H and O–H groups in total. The summed E-state index contributed by atoms with van der Waals surface area (Å²) in [5.74, 6) is 1.02. The molecule has 3 rings (SSSR count). The molecule has 3 heterocycles. The number of carbonyl (C=O) groups excluding carboxylic acids is 1. The first-order valence-electron chi connectivity index (χ1n) is 7.76. The van der Waals surface area contributed by atoms with Gasteiger partial charge in [-0.05, 0) is 33.1 Å². The molecule has 3 atom stereocenters. The summed E-state index contributed by atoms with van der Waals surface area (Å²) in [7, 11) is 1.88. The van der Waals surface area contributed by atoms with E-state index in [1.807, 2.05) is 24.9 Å². The van der Waals surface area contributed by atoms with Crippen molar-refractivity contribution < 1.29 is 9.53 Å². The van der Waals surface area contributed by atoms with Crippen LogP contribution < -0.4 is 10.2 Å². The van der Waals surface area contributed by atoms with Gasteiger partial charge in [-0.1, -0.05) is 0 Å². The summed E-state index contributed by atoms with van der Waals surface area (Å²) in [6, 6.07) is 2.07. The van der Waals surface area contributed by atoms with Crippen LogP contribution in [0.4, 0.5) is 5.82 Å². The number of nitrogens with one attached hydrogen (secondary N) is 1. The average Bonchev–Trinajstić information content (AvgIpc) is 3.13. The number of hydrogen-bond acceptors (Lipinski definition) is 4. The molecule has 0 radical (unpaired) electrons. The van der Waals surface area contributed by atoms with Crippen LogP contribution in [0, 0.1) is 6.92 Å². The lowest BCUT2D eigenvalue weighted by Gasteiger charge is -2.23. The van der Waals surface area contributed by atoms with E-state index >= 15 is 0 Å². The maximum absolute atomic E-state index is 12.6. The molecule has 1 aromatic heterocycles. The Hall–Kier alpha value is -1.40. The highest BCUT2D eigenvalue weighted by atomic mass is 16.5. The number of hydrogen-bond donors (Lipinski definition) is 1. The molecular formula is C15H24N4O2. The van der Waals surface area contributed by atoms with E-state index in [-0.39, 0.29) is 24.1 Å². The zero-order valence-electron chi connectivity index (χ0n) is 13.0. The first-order chi connectivity index (χ1) is 10.1. The molecule has 0 unspecified atom stereocenters. The Labute approximate surface area is 125 Å². The highest BCUT2D eigenvalue weighted by Crippen LogP contribution is 2.23. The number of anilines is 1. The van der Waals surface area contributed by atoms with Crippen molar-refractivity contribution in [2.24, 2.45) is 7.05 Å². The van der Waals surface area contributed by atoms with Crippen LogP contribution in [0.15, 0.2) is 6.07 Å². The lowest BCUT2D eigenvalue weighted by atomic mass is 10.1. The minimum atomic E-state index is -0.112. The third kappa shape index (κ3) is 2.82. The molecular weight excluding hydrogens is 268 g/mol. The Morgan fingerprint density at radius 3 is 2.90 bits per heavy atom.